The summed E-state index contributed by atoms with van der Waals surface area (Å²) in [5, 5.41) is 7.52. The van der Waals surface area contributed by atoms with E-state index in [4.69, 9.17) is 27.7 Å². The number of nitrogens with zero attached hydrogens (tertiary/aromatic N) is 1. The first kappa shape index (κ1) is 16.6. The zero-order valence-corrected chi connectivity index (χ0v) is 14.4. The maximum absolute atomic E-state index is 12.2. The average molecular weight is 361 g/mol. The van der Waals surface area contributed by atoms with Crippen LogP contribution in [0.1, 0.15) is 21.6 Å². The highest BCUT2D eigenvalue weighted by Gasteiger charge is 2.12. The highest BCUT2D eigenvalue weighted by molar-refractivity contribution is 6.36. The van der Waals surface area contributed by atoms with Crippen molar-refractivity contribution in [3.63, 3.8) is 0 Å². The molecule has 0 aliphatic rings. The van der Waals surface area contributed by atoms with Crippen molar-refractivity contribution in [2.45, 2.75) is 13.5 Å². The molecule has 0 aliphatic carbocycles. The van der Waals surface area contributed by atoms with E-state index in [2.05, 4.69) is 10.5 Å². The van der Waals surface area contributed by atoms with Gasteiger partial charge in [0.2, 0.25) is 0 Å². The Balaban J connectivity index is 1.67. The Hall–Kier alpha value is -2.30. The minimum atomic E-state index is -0.295. The van der Waals surface area contributed by atoms with Crippen LogP contribution in [0.25, 0.3) is 11.3 Å². The van der Waals surface area contributed by atoms with Gasteiger partial charge in [0.05, 0.1) is 17.1 Å². The quantitative estimate of drug-likeness (QED) is 0.720. The number of nitrogens with one attached hydrogen (secondary N) is 1. The highest BCUT2D eigenvalue weighted by atomic mass is 35.5. The number of benzene rings is 2. The largest absolute Gasteiger partial charge is 0.356 e. The molecule has 1 aromatic heterocycles. The van der Waals surface area contributed by atoms with Crippen molar-refractivity contribution in [3.8, 4) is 11.3 Å². The van der Waals surface area contributed by atoms with E-state index in [1.165, 1.54) is 11.6 Å². The molecule has 0 saturated carbocycles. The zero-order valence-electron chi connectivity index (χ0n) is 12.8. The molecule has 0 radical (unpaired) electrons. The highest BCUT2D eigenvalue weighted by Crippen LogP contribution is 2.22. The lowest BCUT2D eigenvalue weighted by Gasteiger charge is -2.05. The number of carbonyl (C=O) groups excluding carboxylic acids is 1. The molecule has 0 bridgehead atoms. The van der Waals surface area contributed by atoms with Gasteiger partial charge in [-0.3, -0.25) is 4.79 Å². The molecule has 6 heteroatoms. The molecule has 1 amide bonds. The van der Waals surface area contributed by atoms with Crippen LogP contribution in [0.4, 0.5) is 0 Å². The second-order valence-electron chi connectivity index (χ2n) is 5.36. The lowest BCUT2D eigenvalue weighted by molar-refractivity contribution is 0.0950. The van der Waals surface area contributed by atoms with E-state index in [0.29, 0.717) is 27.1 Å². The third-order valence-electron chi connectivity index (χ3n) is 3.50. The Kier molecular flexibility index (Phi) is 4.88. The van der Waals surface area contributed by atoms with Gasteiger partial charge in [-0.2, -0.15) is 0 Å². The Bertz CT molecular complexity index is 873. The van der Waals surface area contributed by atoms with Crippen molar-refractivity contribution in [1.29, 1.82) is 0 Å². The molecule has 1 N–H and O–H groups in total. The van der Waals surface area contributed by atoms with E-state index in [0.717, 1.165) is 5.56 Å². The summed E-state index contributed by atoms with van der Waals surface area (Å²) in [7, 11) is 0. The standard InChI is InChI=1S/C18H14Cl2N2O2/c1-11-2-4-12(5-3-11)17-9-14(22-24-17)10-21-18(23)15-7-6-13(19)8-16(15)20/h2-9H,10H2,1H3,(H,21,23). The number of aromatic nitrogens is 1. The topological polar surface area (TPSA) is 55.1 Å². The monoisotopic (exact) mass is 360 g/mol. The lowest BCUT2D eigenvalue weighted by Crippen LogP contribution is -2.23. The minimum absolute atomic E-state index is 0.243. The van der Waals surface area contributed by atoms with Crippen molar-refractivity contribution in [2.24, 2.45) is 0 Å². The molecular weight excluding hydrogens is 347 g/mol. The predicted molar refractivity (Wildman–Crippen MR) is 94.3 cm³/mol. The summed E-state index contributed by atoms with van der Waals surface area (Å²) in [5.41, 5.74) is 3.10. The van der Waals surface area contributed by atoms with Crippen molar-refractivity contribution in [1.82, 2.24) is 10.5 Å². The molecule has 2 aromatic carbocycles. The summed E-state index contributed by atoms with van der Waals surface area (Å²) in [6, 6.07) is 14.5. The van der Waals surface area contributed by atoms with Crippen LogP contribution in [0.2, 0.25) is 10.0 Å². The van der Waals surface area contributed by atoms with Gasteiger partial charge < -0.3 is 9.84 Å². The first-order valence-electron chi connectivity index (χ1n) is 7.29. The Morgan fingerprint density at radius 2 is 1.88 bits per heavy atom. The first-order chi connectivity index (χ1) is 11.5. The van der Waals surface area contributed by atoms with Crippen molar-refractivity contribution < 1.29 is 9.32 Å². The lowest BCUT2D eigenvalue weighted by atomic mass is 10.1. The van der Waals surface area contributed by atoms with Crippen LogP contribution in [0.15, 0.2) is 53.1 Å². The number of hydrogen-bond acceptors (Lipinski definition) is 3. The molecular formula is C18H14Cl2N2O2. The van der Waals surface area contributed by atoms with Gasteiger partial charge in [-0.25, -0.2) is 0 Å². The van der Waals surface area contributed by atoms with Crippen molar-refractivity contribution >= 4 is 29.1 Å². The van der Waals surface area contributed by atoms with Gasteiger partial charge in [-0.05, 0) is 25.1 Å². The van der Waals surface area contributed by atoms with E-state index < -0.39 is 0 Å². The molecule has 1 heterocycles. The molecule has 0 spiro atoms. The fourth-order valence-electron chi connectivity index (χ4n) is 2.19. The van der Waals surface area contributed by atoms with E-state index in [1.54, 1.807) is 18.2 Å². The third-order valence-corrected chi connectivity index (χ3v) is 4.05. The van der Waals surface area contributed by atoms with Crippen LogP contribution in [0.5, 0.6) is 0 Å². The molecule has 4 nitrogen and oxygen atoms in total. The van der Waals surface area contributed by atoms with Crippen LogP contribution in [-0.2, 0) is 6.54 Å². The molecule has 3 aromatic rings. The van der Waals surface area contributed by atoms with Gasteiger partial charge in [0.1, 0.15) is 5.69 Å². The van der Waals surface area contributed by atoms with Crippen molar-refractivity contribution in [2.75, 3.05) is 0 Å². The summed E-state index contributed by atoms with van der Waals surface area (Å²) >= 11 is 11.9. The first-order valence-corrected chi connectivity index (χ1v) is 8.04. The summed E-state index contributed by atoms with van der Waals surface area (Å²) in [5.74, 6) is 0.361. The van der Waals surface area contributed by atoms with Gasteiger partial charge in [0.25, 0.3) is 5.91 Å². The normalized spacial score (nSPS) is 10.6. The van der Waals surface area contributed by atoms with Gasteiger partial charge in [-0.1, -0.05) is 58.2 Å². The minimum Gasteiger partial charge on any atom is -0.356 e. The van der Waals surface area contributed by atoms with E-state index >= 15 is 0 Å². The summed E-state index contributed by atoms with van der Waals surface area (Å²) in [4.78, 5) is 12.2. The van der Waals surface area contributed by atoms with Crippen LogP contribution in [-0.4, -0.2) is 11.1 Å². The fraction of sp³-hybridized carbons (Fsp3) is 0.111. The number of carbonyl (C=O) groups is 1. The average Bonchev–Trinajstić information content (AvgIpc) is 3.02. The van der Waals surface area contributed by atoms with Crippen LogP contribution < -0.4 is 5.32 Å². The third kappa shape index (κ3) is 3.78. The molecule has 3 rings (SSSR count). The maximum Gasteiger partial charge on any atom is 0.253 e. The Morgan fingerprint density at radius 1 is 1.12 bits per heavy atom. The zero-order chi connectivity index (χ0) is 17.1. The SMILES string of the molecule is Cc1ccc(-c2cc(CNC(=O)c3ccc(Cl)cc3Cl)no2)cc1. The van der Waals surface area contributed by atoms with Crippen LogP contribution >= 0.6 is 23.2 Å². The van der Waals surface area contributed by atoms with Crippen LogP contribution in [0.3, 0.4) is 0 Å². The van der Waals surface area contributed by atoms with Crippen LogP contribution in [0, 0.1) is 6.92 Å². The van der Waals surface area contributed by atoms with Gasteiger partial charge in [-0.15, -0.1) is 0 Å². The van der Waals surface area contributed by atoms with E-state index in [1.807, 2.05) is 31.2 Å². The Morgan fingerprint density at radius 3 is 2.58 bits per heavy atom. The smallest absolute Gasteiger partial charge is 0.253 e. The number of aryl methyl sites for hydroxylation is 1. The number of amides is 1. The summed E-state index contributed by atoms with van der Waals surface area (Å²) < 4.78 is 5.32. The van der Waals surface area contributed by atoms with Gasteiger partial charge in [0, 0.05) is 16.7 Å². The molecule has 0 aliphatic heterocycles. The molecule has 24 heavy (non-hydrogen) atoms. The van der Waals surface area contributed by atoms with E-state index in [-0.39, 0.29) is 12.5 Å². The van der Waals surface area contributed by atoms with E-state index in [9.17, 15) is 4.79 Å². The number of halogens is 2. The van der Waals surface area contributed by atoms with Crippen molar-refractivity contribution in [3.05, 3.63) is 75.4 Å². The summed E-state index contributed by atoms with van der Waals surface area (Å²) in [6.07, 6.45) is 0. The fourth-order valence-corrected chi connectivity index (χ4v) is 2.68. The van der Waals surface area contributed by atoms with Gasteiger partial charge in [0.15, 0.2) is 5.76 Å². The second-order valence-corrected chi connectivity index (χ2v) is 6.20. The molecule has 122 valence electrons. The van der Waals surface area contributed by atoms with Gasteiger partial charge >= 0.3 is 0 Å². The number of rotatable bonds is 4. The molecule has 0 saturated heterocycles. The predicted octanol–water partition coefficient (Wildman–Crippen LogP) is 4.89. The number of hydrogen-bond donors (Lipinski definition) is 1. The second kappa shape index (κ2) is 7.07. The summed E-state index contributed by atoms with van der Waals surface area (Å²) in [6.45, 7) is 2.26. The molecule has 0 unspecified atom stereocenters. The molecule has 0 fully saturated rings. The molecule has 0 atom stereocenters. The Labute approximate surface area is 149 Å². The maximum atomic E-state index is 12.2.